The highest BCUT2D eigenvalue weighted by atomic mass is 35.5. The van der Waals surface area contributed by atoms with Crippen molar-refractivity contribution in [3.8, 4) is 0 Å². The lowest BCUT2D eigenvalue weighted by Crippen LogP contribution is -2.43. The quantitative estimate of drug-likeness (QED) is 0.895. The van der Waals surface area contributed by atoms with Gasteiger partial charge in [0.05, 0.1) is 11.5 Å². The normalized spacial score (nSPS) is 17.2. The van der Waals surface area contributed by atoms with Crippen LogP contribution < -0.4 is 10.9 Å². The zero-order chi connectivity index (χ0) is 17.3. The number of hydrogen-bond donors (Lipinski definition) is 2. The summed E-state index contributed by atoms with van der Waals surface area (Å²) >= 11 is 6.27. The van der Waals surface area contributed by atoms with Crippen LogP contribution in [0.25, 0.3) is 0 Å². The number of benzene rings is 1. The molecule has 3 rings (SSSR count). The Kier molecular flexibility index (Phi) is 4.50. The third-order valence-electron chi connectivity index (χ3n) is 4.75. The van der Waals surface area contributed by atoms with Crippen molar-refractivity contribution in [2.75, 3.05) is 0 Å². The molecule has 24 heavy (non-hydrogen) atoms. The minimum absolute atomic E-state index is 0.0698. The monoisotopic (exact) mass is 344 g/mol. The number of fused-ring (bicyclic) bond motifs is 1. The van der Waals surface area contributed by atoms with Crippen molar-refractivity contribution in [3.63, 3.8) is 0 Å². The third-order valence-corrected chi connectivity index (χ3v) is 5.08. The molecule has 4 nitrogen and oxygen atoms in total. The molecule has 0 saturated heterocycles. The molecule has 1 heterocycles. The summed E-state index contributed by atoms with van der Waals surface area (Å²) in [6.07, 6.45) is 2.64. The smallest absolute Gasteiger partial charge is 0.248 e. The molecular weight excluding hydrogens is 324 g/mol. The predicted molar refractivity (Wildman–Crippen MR) is 95.4 cm³/mol. The minimum atomic E-state index is -0.738. The molecule has 0 saturated carbocycles. The molecule has 2 N–H and O–H groups in total. The van der Waals surface area contributed by atoms with E-state index in [0.717, 1.165) is 36.1 Å². The number of carbonyl (C=O) groups is 1. The molecule has 126 valence electrons. The highest BCUT2D eigenvalue weighted by Crippen LogP contribution is 2.33. The summed E-state index contributed by atoms with van der Waals surface area (Å²) in [5.74, 6) is -0.0698. The van der Waals surface area contributed by atoms with E-state index in [1.807, 2.05) is 38.1 Å². The Labute approximate surface area is 146 Å². The van der Waals surface area contributed by atoms with Gasteiger partial charge in [-0.15, -0.1) is 0 Å². The predicted octanol–water partition coefficient (Wildman–Crippen LogP) is 3.50. The molecular formula is C19H21ClN2O2. The second-order valence-corrected chi connectivity index (χ2v) is 7.19. The first kappa shape index (κ1) is 16.8. The van der Waals surface area contributed by atoms with Crippen LogP contribution in [0.2, 0.25) is 5.02 Å². The van der Waals surface area contributed by atoms with Crippen molar-refractivity contribution in [1.29, 1.82) is 0 Å². The van der Waals surface area contributed by atoms with Crippen LogP contribution in [0.15, 0.2) is 41.2 Å². The second kappa shape index (κ2) is 6.44. The fourth-order valence-corrected chi connectivity index (χ4v) is 3.65. The lowest BCUT2D eigenvalue weighted by Gasteiger charge is -2.31. The third kappa shape index (κ3) is 3.11. The highest BCUT2D eigenvalue weighted by Gasteiger charge is 2.34. The van der Waals surface area contributed by atoms with Crippen molar-refractivity contribution < 1.29 is 4.79 Å². The summed E-state index contributed by atoms with van der Waals surface area (Å²) < 4.78 is 0. The first-order valence-electron chi connectivity index (χ1n) is 8.17. The zero-order valence-corrected chi connectivity index (χ0v) is 14.6. The summed E-state index contributed by atoms with van der Waals surface area (Å²) in [6, 6.07) is 10.7. The summed E-state index contributed by atoms with van der Waals surface area (Å²) in [4.78, 5) is 27.3. The lowest BCUT2D eigenvalue weighted by molar-refractivity contribution is -0.126. The molecule has 1 unspecified atom stereocenters. The number of aromatic nitrogens is 1. The Balaban J connectivity index is 1.86. The van der Waals surface area contributed by atoms with Gasteiger partial charge in [0.15, 0.2) is 0 Å². The van der Waals surface area contributed by atoms with Crippen LogP contribution in [0.4, 0.5) is 0 Å². The van der Waals surface area contributed by atoms with E-state index in [-0.39, 0.29) is 17.5 Å². The zero-order valence-electron chi connectivity index (χ0n) is 13.9. The van der Waals surface area contributed by atoms with E-state index < -0.39 is 5.41 Å². The number of aryl methyl sites for hydroxylation is 1. The van der Waals surface area contributed by atoms with Crippen LogP contribution in [-0.4, -0.2) is 10.9 Å². The van der Waals surface area contributed by atoms with Gasteiger partial charge in [0.2, 0.25) is 11.5 Å². The van der Waals surface area contributed by atoms with Gasteiger partial charge in [-0.25, -0.2) is 0 Å². The Morgan fingerprint density at radius 1 is 1.25 bits per heavy atom. The summed E-state index contributed by atoms with van der Waals surface area (Å²) in [5.41, 5.74) is 1.90. The molecule has 5 heteroatoms. The number of rotatable bonds is 3. The Morgan fingerprint density at radius 2 is 2.00 bits per heavy atom. The van der Waals surface area contributed by atoms with Crippen LogP contribution >= 0.6 is 11.6 Å². The fourth-order valence-electron chi connectivity index (χ4n) is 3.28. The first-order chi connectivity index (χ1) is 11.4. The standard InChI is InChI=1S/C19H21ClN2O2/c1-19(2,13-6-3-4-7-14(13)20)18(24)22-16-9-5-8-15-12(16)10-11-17(23)21-15/h3-4,6-7,10-11,16H,5,8-9H2,1-2H3,(H,21,23)(H,22,24). The fraction of sp³-hybridized carbons (Fsp3) is 0.368. The molecule has 2 aromatic rings. The summed E-state index contributed by atoms with van der Waals surface area (Å²) in [5, 5.41) is 3.73. The topological polar surface area (TPSA) is 62.0 Å². The molecule has 0 radical (unpaired) electrons. The van der Waals surface area contributed by atoms with Crippen molar-refractivity contribution in [2.24, 2.45) is 0 Å². The SMILES string of the molecule is CC(C)(C(=O)NC1CCCc2[nH]c(=O)ccc21)c1ccccc1Cl. The molecule has 1 atom stereocenters. The molecule has 1 amide bonds. The Hall–Kier alpha value is -2.07. The van der Waals surface area contributed by atoms with Gasteiger partial charge in [0.25, 0.3) is 0 Å². The number of hydrogen-bond acceptors (Lipinski definition) is 2. The molecule has 1 aliphatic rings. The number of aromatic amines is 1. The lowest BCUT2D eigenvalue weighted by atomic mass is 9.82. The molecule has 1 aromatic heterocycles. The highest BCUT2D eigenvalue weighted by molar-refractivity contribution is 6.31. The van der Waals surface area contributed by atoms with E-state index in [2.05, 4.69) is 10.3 Å². The largest absolute Gasteiger partial charge is 0.348 e. The summed E-state index contributed by atoms with van der Waals surface area (Å²) in [7, 11) is 0. The second-order valence-electron chi connectivity index (χ2n) is 6.78. The van der Waals surface area contributed by atoms with Crippen LogP contribution in [0, 0.1) is 0 Å². The average molecular weight is 345 g/mol. The van der Waals surface area contributed by atoms with Gasteiger partial charge in [0.1, 0.15) is 0 Å². The van der Waals surface area contributed by atoms with E-state index in [9.17, 15) is 9.59 Å². The van der Waals surface area contributed by atoms with Gasteiger partial charge < -0.3 is 10.3 Å². The van der Waals surface area contributed by atoms with Gasteiger partial charge in [0, 0.05) is 16.8 Å². The summed E-state index contributed by atoms with van der Waals surface area (Å²) in [6.45, 7) is 3.75. The van der Waals surface area contributed by atoms with Crippen molar-refractivity contribution in [2.45, 2.75) is 44.6 Å². The van der Waals surface area contributed by atoms with Gasteiger partial charge in [-0.2, -0.15) is 0 Å². The van der Waals surface area contributed by atoms with Crippen LogP contribution in [-0.2, 0) is 16.6 Å². The number of halogens is 1. The van der Waals surface area contributed by atoms with E-state index in [0.29, 0.717) is 5.02 Å². The van der Waals surface area contributed by atoms with Crippen molar-refractivity contribution in [1.82, 2.24) is 10.3 Å². The Morgan fingerprint density at radius 3 is 2.75 bits per heavy atom. The Bertz CT molecular complexity index is 826. The van der Waals surface area contributed by atoms with E-state index in [1.165, 1.54) is 6.07 Å². The maximum atomic E-state index is 12.9. The van der Waals surface area contributed by atoms with Gasteiger partial charge >= 0.3 is 0 Å². The van der Waals surface area contributed by atoms with Crippen LogP contribution in [0.3, 0.4) is 0 Å². The molecule has 0 spiro atoms. The molecule has 0 fully saturated rings. The number of pyridine rings is 1. The van der Waals surface area contributed by atoms with E-state index in [4.69, 9.17) is 11.6 Å². The number of carbonyl (C=O) groups excluding carboxylic acids is 1. The molecule has 0 aliphatic heterocycles. The number of nitrogens with one attached hydrogen (secondary N) is 2. The average Bonchev–Trinajstić information content (AvgIpc) is 2.55. The van der Waals surface area contributed by atoms with Crippen molar-refractivity contribution >= 4 is 17.5 Å². The van der Waals surface area contributed by atoms with Crippen LogP contribution in [0.1, 0.15) is 49.6 Å². The van der Waals surface area contributed by atoms with E-state index >= 15 is 0 Å². The van der Waals surface area contributed by atoms with Gasteiger partial charge in [-0.05, 0) is 56.4 Å². The maximum Gasteiger partial charge on any atom is 0.248 e. The van der Waals surface area contributed by atoms with Crippen molar-refractivity contribution in [3.05, 3.63) is 68.6 Å². The number of H-pyrrole nitrogens is 1. The molecule has 0 bridgehead atoms. The number of amides is 1. The van der Waals surface area contributed by atoms with E-state index in [1.54, 1.807) is 6.07 Å². The maximum absolute atomic E-state index is 12.9. The van der Waals surface area contributed by atoms with Gasteiger partial charge in [-0.3, -0.25) is 9.59 Å². The molecule has 1 aromatic carbocycles. The first-order valence-corrected chi connectivity index (χ1v) is 8.55. The van der Waals surface area contributed by atoms with Gasteiger partial charge in [-0.1, -0.05) is 29.8 Å². The van der Waals surface area contributed by atoms with Crippen LogP contribution in [0.5, 0.6) is 0 Å². The minimum Gasteiger partial charge on any atom is -0.348 e. The molecule has 1 aliphatic carbocycles.